The van der Waals surface area contributed by atoms with Crippen molar-refractivity contribution in [2.45, 2.75) is 19.6 Å². The molecule has 1 aromatic heterocycles. The van der Waals surface area contributed by atoms with Gasteiger partial charge in [-0.3, -0.25) is 4.68 Å². The molecule has 4 nitrogen and oxygen atoms in total. The van der Waals surface area contributed by atoms with Crippen molar-refractivity contribution in [3.8, 4) is 0 Å². The molecule has 0 unspecified atom stereocenters. The first kappa shape index (κ1) is 12.9. The molecular formula is C13H16ClN3O. The van der Waals surface area contributed by atoms with Crippen LogP contribution >= 0.6 is 11.6 Å². The van der Waals surface area contributed by atoms with Crippen LogP contribution in [0.5, 0.6) is 0 Å². The van der Waals surface area contributed by atoms with Crippen LogP contribution in [0.1, 0.15) is 12.0 Å². The zero-order valence-corrected chi connectivity index (χ0v) is 10.8. The van der Waals surface area contributed by atoms with E-state index in [4.69, 9.17) is 22.1 Å². The summed E-state index contributed by atoms with van der Waals surface area (Å²) in [4.78, 5) is 0. The molecule has 0 fully saturated rings. The van der Waals surface area contributed by atoms with E-state index in [1.165, 1.54) is 0 Å². The van der Waals surface area contributed by atoms with Crippen LogP contribution in [0.4, 0.5) is 5.82 Å². The van der Waals surface area contributed by atoms with Crippen LogP contribution in [-0.2, 0) is 17.9 Å². The van der Waals surface area contributed by atoms with Gasteiger partial charge >= 0.3 is 0 Å². The van der Waals surface area contributed by atoms with E-state index in [0.29, 0.717) is 19.0 Å². The highest BCUT2D eigenvalue weighted by Crippen LogP contribution is 2.10. The normalized spacial score (nSPS) is 10.7. The second-order valence-corrected chi connectivity index (χ2v) is 4.47. The quantitative estimate of drug-likeness (QED) is 0.817. The summed E-state index contributed by atoms with van der Waals surface area (Å²) in [6.45, 7) is 2.12. The molecule has 0 aliphatic carbocycles. The minimum Gasteiger partial charge on any atom is -0.382 e. The Morgan fingerprint density at radius 2 is 2.00 bits per heavy atom. The van der Waals surface area contributed by atoms with Gasteiger partial charge in [-0.05, 0) is 30.2 Å². The van der Waals surface area contributed by atoms with Gasteiger partial charge in [0.15, 0.2) is 0 Å². The van der Waals surface area contributed by atoms with Gasteiger partial charge in [-0.2, -0.15) is 5.10 Å². The number of ether oxygens (including phenoxy) is 1. The fourth-order valence-electron chi connectivity index (χ4n) is 1.60. The summed E-state index contributed by atoms with van der Waals surface area (Å²) in [5.74, 6) is 0.553. The van der Waals surface area contributed by atoms with E-state index in [1.807, 2.05) is 35.1 Å². The molecule has 0 saturated carbocycles. The second kappa shape index (κ2) is 6.42. The van der Waals surface area contributed by atoms with Crippen molar-refractivity contribution in [2.75, 3.05) is 12.3 Å². The first-order valence-corrected chi connectivity index (χ1v) is 6.23. The lowest BCUT2D eigenvalue weighted by Crippen LogP contribution is -2.04. The average molecular weight is 266 g/mol. The Labute approximate surface area is 111 Å². The number of aromatic nitrogens is 2. The highest BCUT2D eigenvalue weighted by atomic mass is 35.5. The van der Waals surface area contributed by atoms with E-state index in [-0.39, 0.29) is 0 Å². The zero-order valence-electron chi connectivity index (χ0n) is 10.1. The number of nitrogen functional groups attached to an aromatic ring is 1. The van der Waals surface area contributed by atoms with Gasteiger partial charge in [0.05, 0.1) is 6.61 Å². The number of hydrogen-bond donors (Lipinski definition) is 1. The van der Waals surface area contributed by atoms with E-state index in [2.05, 4.69) is 5.10 Å². The summed E-state index contributed by atoms with van der Waals surface area (Å²) in [6, 6.07) is 9.46. The Kier molecular flexibility index (Phi) is 4.61. The van der Waals surface area contributed by atoms with Gasteiger partial charge in [0.1, 0.15) is 5.82 Å². The molecule has 0 saturated heterocycles. The van der Waals surface area contributed by atoms with Crippen LogP contribution < -0.4 is 5.73 Å². The van der Waals surface area contributed by atoms with E-state index in [0.717, 1.165) is 23.6 Å². The Morgan fingerprint density at radius 3 is 2.67 bits per heavy atom. The van der Waals surface area contributed by atoms with Crippen molar-refractivity contribution in [1.29, 1.82) is 0 Å². The molecule has 1 heterocycles. The Morgan fingerprint density at radius 1 is 1.22 bits per heavy atom. The van der Waals surface area contributed by atoms with Crippen LogP contribution in [0.15, 0.2) is 36.5 Å². The third-order valence-corrected chi connectivity index (χ3v) is 2.77. The number of hydrogen-bond acceptors (Lipinski definition) is 3. The molecule has 0 aliphatic rings. The first-order valence-electron chi connectivity index (χ1n) is 5.85. The van der Waals surface area contributed by atoms with Gasteiger partial charge in [0.25, 0.3) is 0 Å². The van der Waals surface area contributed by atoms with Crippen LogP contribution in [-0.4, -0.2) is 16.4 Å². The lowest BCUT2D eigenvalue weighted by atomic mass is 10.2. The van der Waals surface area contributed by atoms with Crippen molar-refractivity contribution < 1.29 is 4.74 Å². The predicted molar refractivity (Wildman–Crippen MR) is 72.4 cm³/mol. The second-order valence-electron chi connectivity index (χ2n) is 4.04. The van der Waals surface area contributed by atoms with Gasteiger partial charge in [0, 0.05) is 24.4 Å². The molecule has 18 heavy (non-hydrogen) atoms. The molecule has 5 heteroatoms. The highest BCUT2D eigenvalue weighted by Gasteiger charge is 1.96. The summed E-state index contributed by atoms with van der Waals surface area (Å²) >= 11 is 5.80. The first-order chi connectivity index (χ1) is 8.74. The number of nitrogens with two attached hydrogens (primary N) is 1. The molecule has 0 radical (unpaired) electrons. The third kappa shape index (κ3) is 4.05. The van der Waals surface area contributed by atoms with Crippen LogP contribution in [0.25, 0.3) is 0 Å². The molecule has 1 aromatic carbocycles. The molecule has 0 bridgehead atoms. The van der Waals surface area contributed by atoms with Crippen LogP contribution in [0, 0.1) is 0 Å². The lowest BCUT2D eigenvalue weighted by molar-refractivity contribution is 0.115. The van der Waals surface area contributed by atoms with Crippen molar-refractivity contribution >= 4 is 17.4 Å². The SMILES string of the molecule is Nc1ccn(CCCOCc2ccc(Cl)cc2)n1. The zero-order chi connectivity index (χ0) is 12.8. The Balaban J connectivity index is 1.63. The molecule has 2 rings (SSSR count). The van der Waals surface area contributed by atoms with Gasteiger partial charge in [-0.15, -0.1) is 0 Å². The minimum absolute atomic E-state index is 0.553. The molecule has 0 atom stereocenters. The summed E-state index contributed by atoms with van der Waals surface area (Å²) in [5.41, 5.74) is 6.65. The number of aryl methyl sites for hydroxylation is 1. The van der Waals surface area contributed by atoms with Crippen molar-refractivity contribution in [1.82, 2.24) is 9.78 Å². The summed E-state index contributed by atoms with van der Waals surface area (Å²) < 4.78 is 7.39. The van der Waals surface area contributed by atoms with Gasteiger partial charge < -0.3 is 10.5 Å². The topological polar surface area (TPSA) is 53.1 Å². The monoisotopic (exact) mass is 265 g/mol. The van der Waals surface area contributed by atoms with Crippen molar-refractivity contribution in [3.05, 3.63) is 47.1 Å². The minimum atomic E-state index is 0.553. The number of nitrogens with zero attached hydrogens (tertiary/aromatic N) is 2. The number of halogens is 1. The largest absolute Gasteiger partial charge is 0.382 e. The van der Waals surface area contributed by atoms with E-state index < -0.39 is 0 Å². The van der Waals surface area contributed by atoms with Crippen LogP contribution in [0.3, 0.4) is 0 Å². The van der Waals surface area contributed by atoms with E-state index >= 15 is 0 Å². The molecular weight excluding hydrogens is 250 g/mol. The molecule has 0 amide bonds. The maximum absolute atomic E-state index is 5.80. The smallest absolute Gasteiger partial charge is 0.145 e. The van der Waals surface area contributed by atoms with Crippen molar-refractivity contribution in [2.24, 2.45) is 0 Å². The molecule has 2 N–H and O–H groups in total. The lowest BCUT2D eigenvalue weighted by Gasteiger charge is -2.05. The fourth-order valence-corrected chi connectivity index (χ4v) is 1.73. The van der Waals surface area contributed by atoms with E-state index in [9.17, 15) is 0 Å². The highest BCUT2D eigenvalue weighted by molar-refractivity contribution is 6.30. The average Bonchev–Trinajstić information content (AvgIpc) is 2.77. The van der Waals surface area contributed by atoms with Gasteiger partial charge in [-0.1, -0.05) is 23.7 Å². The predicted octanol–water partition coefficient (Wildman–Crippen LogP) is 2.73. The molecule has 2 aromatic rings. The number of benzene rings is 1. The van der Waals surface area contributed by atoms with E-state index in [1.54, 1.807) is 6.07 Å². The standard InChI is InChI=1S/C13H16ClN3O/c14-12-4-2-11(3-5-12)10-18-9-1-7-17-8-6-13(15)16-17/h2-6,8H,1,7,9-10H2,(H2,15,16). The summed E-state index contributed by atoms with van der Waals surface area (Å²) in [5, 5.41) is 4.85. The summed E-state index contributed by atoms with van der Waals surface area (Å²) in [7, 11) is 0. The maximum Gasteiger partial charge on any atom is 0.145 e. The molecule has 96 valence electrons. The van der Waals surface area contributed by atoms with Gasteiger partial charge in [-0.25, -0.2) is 0 Å². The number of anilines is 1. The van der Waals surface area contributed by atoms with Gasteiger partial charge in [0.2, 0.25) is 0 Å². The molecule has 0 spiro atoms. The fraction of sp³-hybridized carbons (Fsp3) is 0.308. The summed E-state index contributed by atoms with van der Waals surface area (Å²) in [6.07, 6.45) is 2.78. The Hall–Kier alpha value is -1.52. The van der Waals surface area contributed by atoms with Crippen LogP contribution in [0.2, 0.25) is 5.02 Å². The molecule has 0 aliphatic heterocycles. The Bertz CT molecular complexity index is 481. The maximum atomic E-state index is 5.80. The number of rotatable bonds is 6. The van der Waals surface area contributed by atoms with Crippen molar-refractivity contribution in [3.63, 3.8) is 0 Å². The third-order valence-electron chi connectivity index (χ3n) is 2.52.